The third-order valence-electron chi connectivity index (χ3n) is 3.04. The van der Waals surface area contributed by atoms with Gasteiger partial charge in [-0.2, -0.15) is 0 Å². The van der Waals surface area contributed by atoms with Crippen molar-refractivity contribution in [1.29, 1.82) is 0 Å². The molecular formula is C17H18N4O2. The molecule has 1 N–H and O–H groups in total. The second-order valence-corrected chi connectivity index (χ2v) is 5.08. The van der Waals surface area contributed by atoms with E-state index in [2.05, 4.69) is 15.3 Å². The maximum absolute atomic E-state index is 12.0. The first-order valence-electron chi connectivity index (χ1n) is 7.10. The first-order valence-corrected chi connectivity index (χ1v) is 7.10. The molecule has 0 aromatic carbocycles. The van der Waals surface area contributed by atoms with Crippen LogP contribution in [0.25, 0.3) is 6.08 Å². The normalized spacial score (nSPS) is 10.5. The minimum atomic E-state index is -0.297. The van der Waals surface area contributed by atoms with Gasteiger partial charge in [0.05, 0.1) is 6.54 Å². The van der Waals surface area contributed by atoms with Crippen LogP contribution in [0.1, 0.15) is 11.1 Å². The predicted octanol–water partition coefficient (Wildman–Crippen LogP) is 1.90. The molecule has 2 aromatic heterocycles. The van der Waals surface area contributed by atoms with Crippen LogP contribution in [0.3, 0.4) is 0 Å². The largest absolute Gasteiger partial charge is 0.333 e. The molecule has 118 valence electrons. The molecular weight excluding hydrogens is 292 g/mol. The Labute approximate surface area is 134 Å². The van der Waals surface area contributed by atoms with E-state index in [4.69, 9.17) is 0 Å². The van der Waals surface area contributed by atoms with Gasteiger partial charge in [0.25, 0.3) is 0 Å². The molecule has 6 nitrogen and oxygen atoms in total. The number of likely N-dealkylation sites (N-methyl/N-ethyl adjacent to an activating group) is 1. The number of anilines is 1. The molecule has 0 fully saturated rings. The summed E-state index contributed by atoms with van der Waals surface area (Å²) in [5, 5.41) is 2.66. The Hall–Kier alpha value is -3.02. The Kier molecular flexibility index (Phi) is 5.57. The van der Waals surface area contributed by atoms with Crippen molar-refractivity contribution in [3.05, 3.63) is 60.1 Å². The number of nitrogens with zero attached hydrogens (tertiary/aromatic N) is 3. The molecule has 6 heteroatoms. The van der Waals surface area contributed by atoms with Gasteiger partial charge in [-0.25, -0.2) is 4.98 Å². The Morgan fingerprint density at radius 1 is 1.30 bits per heavy atom. The van der Waals surface area contributed by atoms with Crippen molar-refractivity contribution >= 4 is 23.7 Å². The van der Waals surface area contributed by atoms with Gasteiger partial charge in [0.2, 0.25) is 11.8 Å². The van der Waals surface area contributed by atoms with Gasteiger partial charge in [-0.3, -0.25) is 14.6 Å². The molecule has 0 saturated carbocycles. The Morgan fingerprint density at radius 3 is 2.83 bits per heavy atom. The smallest absolute Gasteiger partial charge is 0.246 e. The molecule has 0 unspecified atom stereocenters. The van der Waals surface area contributed by atoms with Gasteiger partial charge < -0.3 is 10.2 Å². The van der Waals surface area contributed by atoms with Crippen molar-refractivity contribution in [2.45, 2.75) is 6.92 Å². The summed E-state index contributed by atoms with van der Waals surface area (Å²) in [5.41, 5.74) is 1.82. The van der Waals surface area contributed by atoms with Crippen LogP contribution in [0.4, 0.5) is 5.82 Å². The van der Waals surface area contributed by atoms with Crippen LogP contribution < -0.4 is 5.32 Å². The highest BCUT2D eigenvalue weighted by atomic mass is 16.2. The number of nitrogens with one attached hydrogen (secondary N) is 1. The van der Waals surface area contributed by atoms with E-state index in [-0.39, 0.29) is 18.4 Å². The highest BCUT2D eigenvalue weighted by Crippen LogP contribution is 2.05. The third-order valence-corrected chi connectivity index (χ3v) is 3.04. The lowest BCUT2D eigenvalue weighted by molar-refractivity contribution is -0.129. The maximum Gasteiger partial charge on any atom is 0.246 e. The van der Waals surface area contributed by atoms with Crippen molar-refractivity contribution < 1.29 is 9.59 Å². The standard InChI is InChI=1S/C17H18N4O2/c1-13-7-9-19-15(10-13)20-16(22)12-21(2)17(23)6-5-14-4-3-8-18-11-14/h3-11H,12H2,1-2H3,(H,19,20,22)/b6-5-. The molecule has 0 bridgehead atoms. The zero-order valence-electron chi connectivity index (χ0n) is 13.1. The van der Waals surface area contributed by atoms with Crippen molar-refractivity contribution in [2.75, 3.05) is 18.9 Å². The maximum atomic E-state index is 12.0. The van der Waals surface area contributed by atoms with E-state index in [9.17, 15) is 9.59 Å². The van der Waals surface area contributed by atoms with Gasteiger partial charge in [-0.1, -0.05) is 6.07 Å². The van der Waals surface area contributed by atoms with Crippen molar-refractivity contribution in [3.63, 3.8) is 0 Å². The zero-order valence-corrected chi connectivity index (χ0v) is 13.1. The molecule has 0 atom stereocenters. The predicted molar refractivity (Wildman–Crippen MR) is 88.5 cm³/mol. The third kappa shape index (κ3) is 5.35. The number of rotatable bonds is 5. The molecule has 0 saturated heterocycles. The number of aryl methyl sites for hydroxylation is 1. The lowest BCUT2D eigenvalue weighted by atomic mass is 10.2. The molecule has 0 aliphatic carbocycles. The summed E-state index contributed by atoms with van der Waals surface area (Å²) >= 11 is 0. The Balaban J connectivity index is 1.88. The van der Waals surface area contributed by atoms with E-state index < -0.39 is 0 Å². The fourth-order valence-corrected chi connectivity index (χ4v) is 1.85. The second-order valence-electron chi connectivity index (χ2n) is 5.08. The van der Waals surface area contributed by atoms with E-state index in [0.29, 0.717) is 5.82 Å². The number of aromatic nitrogens is 2. The van der Waals surface area contributed by atoms with Crippen LogP contribution in [0.15, 0.2) is 48.9 Å². The molecule has 2 heterocycles. The summed E-state index contributed by atoms with van der Waals surface area (Å²) < 4.78 is 0. The van der Waals surface area contributed by atoms with E-state index in [1.807, 2.05) is 19.1 Å². The van der Waals surface area contributed by atoms with E-state index in [0.717, 1.165) is 11.1 Å². The van der Waals surface area contributed by atoms with Crippen LogP contribution >= 0.6 is 0 Å². The summed E-state index contributed by atoms with van der Waals surface area (Å²) in [5.74, 6) is -0.0864. The minimum absolute atomic E-state index is 0.0498. The first-order chi connectivity index (χ1) is 11.0. The Bertz CT molecular complexity index is 714. The molecule has 23 heavy (non-hydrogen) atoms. The van der Waals surface area contributed by atoms with E-state index in [1.54, 1.807) is 43.8 Å². The highest BCUT2D eigenvalue weighted by Gasteiger charge is 2.11. The summed E-state index contributed by atoms with van der Waals surface area (Å²) in [6, 6.07) is 7.24. The average Bonchev–Trinajstić information content (AvgIpc) is 2.53. The summed E-state index contributed by atoms with van der Waals surface area (Å²) in [6.07, 6.45) is 8.01. The van der Waals surface area contributed by atoms with Gasteiger partial charge in [-0.05, 0) is 42.3 Å². The molecule has 0 spiro atoms. The number of hydrogen-bond acceptors (Lipinski definition) is 4. The van der Waals surface area contributed by atoms with Gasteiger partial charge in [-0.15, -0.1) is 0 Å². The fourth-order valence-electron chi connectivity index (χ4n) is 1.85. The van der Waals surface area contributed by atoms with E-state index in [1.165, 1.54) is 11.0 Å². The Morgan fingerprint density at radius 2 is 2.13 bits per heavy atom. The molecule has 0 aliphatic rings. The quantitative estimate of drug-likeness (QED) is 0.856. The molecule has 0 aliphatic heterocycles. The average molecular weight is 310 g/mol. The van der Waals surface area contributed by atoms with Gasteiger partial charge >= 0.3 is 0 Å². The number of carbonyl (C=O) groups excluding carboxylic acids is 2. The zero-order chi connectivity index (χ0) is 16.7. The number of amides is 2. The highest BCUT2D eigenvalue weighted by molar-refractivity contribution is 5.97. The lowest BCUT2D eigenvalue weighted by Gasteiger charge is -2.14. The summed E-state index contributed by atoms with van der Waals surface area (Å²) in [4.78, 5) is 33.3. The summed E-state index contributed by atoms with van der Waals surface area (Å²) in [6.45, 7) is 1.86. The van der Waals surface area contributed by atoms with Crippen molar-refractivity contribution in [3.8, 4) is 0 Å². The minimum Gasteiger partial charge on any atom is -0.333 e. The summed E-state index contributed by atoms with van der Waals surface area (Å²) in [7, 11) is 1.57. The number of pyridine rings is 2. The van der Waals surface area contributed by atoms with Crippen LogP contribution in [0.2, 0.25) is 0 Å². The lowest BCUT2D eigenvalue weighted by Crippen LogP contribution is -2.34. The monoisotopic (exact) mass is 310 g/mol. The molecule has 0 radical (unpaired) electrons. The van der Waals surface area contributed by atoms with E-state index >= 15 is 0 Å². The van der Waals surface area contributed by atoms with Gasteiger partial charge in [0, 0.05) is 31.7 Å². The topological polar surface area (TPSA) is 75.2 Å². The van der Waals surface area contributed by atoms with Gasteiger partial charge in [0.1, 0.15) is 5.82 Å². The van der Waals surface area contributed by atoms with Gasteiger partial charge in [0.15, 0.2) is 0 Å². The SMILES string of the molecule is Cc1ccnc(NC(=O)CN(C)C(=O)/C=C\c2cccnc2)c1. The van der Waals surface area contributed by atoms with Crippen LogP contribution in [0.5, 0.6) is 0 Å². The van der Waals surface area contributed by atoms with Crippen LogP contribution in [-0.2, 0) is 9.59 Å². The van der Waals surface area contributed by atoms with Crippen molar-refractivity contribution in [1.82, 2.24) is 14.9 Å². The molecule has 2 amide bonds. The van der Waals surface area contributed by atoms with Crippen molar-refractivity contribution in [2.24, 2.45) is 0 Å². The molecule has 2 rings (SSSR count). The molecule has 2 aromatic rings. The van der Waals surface area contributed by atoms with Crippen LogP contribution in [-0.4, -0.2) is 40.3 Å². The number of carbonyl (C=O) groups is 2. The van der Waals surface area contributed by atoms with Crippen LogP contribution in [0, 0.1) is 6.92 Å². The fraction of sp³-hybridized carbons (Fsp3) is 0.176. The second kappa shape index (κ2) is 7.84. The first kappa shape index (κ1) is 16.4. The number of hydrogen-bond donors (Lipinski definition) is 1.